The lowest BCUT2D eigenvalue weighted by atomic mass is 9.93. The Hall–Kier alpha value is -9.50. The number of fused-ring (bicyclic) bond motifs is 1. The van der Waals surface area contributed by atoms with Gasteiger partial charge < -0.3 is 9.80 Å². The van der Waals surface area contributed by atoms with Crippen molar-refractivity contribution in [2.24, 2.45) is 0 Å². The monoisotopic (exact) mass is 918 g/mol. The van der Waals surface area contributed by atoms with Crippen molar-refractivity contribution in [2.45, 2.75) is 0 Å². The zero-order chi connectivity index (χ0) is 48.1. The van der Waals surface area contributed by atoms with Gasteiger partial charge >= 0.3 is 0 Å². The molecule has 0 bridgehead atoms. The predicted molar refractivity (Wildman–Crippen MR) is 306 cm³/mol. The van der Waals surface area contributed by atoms with Gasteiger partial charge in [0.05, 0.1) is 5.69 Å². The molecule has 0 heterocycles. The molecule has 340 valence electrons. The average molecular weight is 919 g/mol. The number of rotatable bonds is 12. The molecule has 0 aromatic heterocycles. The van der Waals surface area contributed by atoms with E-state index in [4.69, 9.17) is 0 Å². The molecule has 0 aliphatic rings. The maximum Gasteiger partial charge on any atom is 0.0540 e. The summed E-state index contributed by atoms with van der Waals surface area (Å²) >= 11 is 0. The summed E-state index contributed by atoms with van der Waals surface area (Å²) in [6, 6.07) is 109. The van der Waals surface area contributed by atoms with Crippen LogP contribution in [-0.2, 0) is 0 Å². The fourth-order valence-corrected chi connectivity index (χ4v) is 9.94. The van der Waals surface area contributed by atoms with E-state index in [-0.39, 0.29) is 0 Å². The topological polar surface area (TPSA) is 6.48 Å². The van der Waals surface area contributed by atoms with Gasteiger partial charge in [0, 0.05) is 33.8 Å². The van der Waals surface area contributed by atoms with Gasteiger partial charge in [-0.2, -0.15) is 0 Å². The summed E-state index contributed by atoms with van der Waals surface area (Å²) in [7, 11) is 0. The second-order valence-corrected chi connectivity index (χ2v) is 18.2. The van der Waals surface area contributed by atoms with Gasteiger partial charge in [-0.1, -0.05) is 218 Å². The number of benzene rings is 12. The molecule has 12 aromatic rings. The normalized spacial score (nSPS) is 11.1. The quantitative estimate of drug-likeness (QED) is 0.120. The zero-order valence-electron chi connectivity index (χ0n) is 39.8. The van der Waals surface area contributed by atoms with E-state index in [1.165, 1.54) is 60.8 Å². The molecule has 0 fully saturated rings. The summed E-state index contributed by atoms with van der Waals surface area (Å²) in [5.41, 5.74) is 20.8. The van der Waals surface area contributed by atoms with Gasteiger partial charge in [-0.3, -0.25) is 0 Å². The molecule has 0 saturated carbocycles. The van der Waals surface area contributed by atoms with Gasteiger partial charge in [0.1, 0.15) is 0 Å². The molecule has 0 spiro atoms. The molecule has 0 saturated heterocycles. The Morgan fingerprint density at radius 3 is 0.764 bits per heavy atom. The van der Waals surface area contributed by atoms with Crippen molar-refractivity contribution in [3.63, 3.8) is 0 Å². The summed E-state index contributed by atoms with van der Waals surface area (Å²) in [6.45, 7) is 0. The maximum atomic E-state index is 2.39. The molecule has 0 aliphatic carbocycles. The second kappa shape index (κ2) is 19.8. The van der Waals surface area contributed by atoms with E-state index in [1.54, 1.807) is 0 Å². The first-order valence-electron chi connectivity index (χ1n) is 24.6. The number of anilines is 6. The van der Waals surface area contributed by atoms with Crippen LogP contribution in [0.25, 0.3) is 77.5 Å². The van der Waals surface area contributed by atoms with E-state index in [0.717, 1.165) is 50.8 Å². The van der Waals surface area contributed by atoms with Crippen molar-refractivity contribution < 1.29 is 0 Å². The molecule has 0 unspecified atom stereocenters. The molecule has 0 N–H and O–H groups in total. The van der Waals surface area contributed by atoms with Crippen LogP contribution in [-0.4, -0.2) is 0 Å². The van der Waals surface area contributed by atoms with Gasteiger partial charge in [0.2, 0.25) is 0 Å². The first kappa shape index (κ1) is 43.8. The van der Waals surface area contributed by atoms with E-state index in [0.29, 0.717) is 0 Å². The standard InChI is InChI=1S/C70H50N2/c1-5-16-51(17-6-1)55-28-38-64(39-29-55)71(65-40-30-56(31-41-65)52-18-7-2-8-19-52)66-42-32-57(33-43-66)58-34-44-67(45-35-58)72(70-27-15-25-60-24-13-14-26-69(60)70)68-46-36-59(37-47-68)63-49-61(53-20-9-3-10-21-53)48-62(50-63)54-22-11-4-12-23-54/h1-50H. The minimum Gasteiger partial charge on any atom is -0.311 e. The minimum absolute atomic E-state index is 1.08. The molecular formula is C70H50N2. The van der Waals surface area contributed by atoms with E-state index in [1.807, 2.05) is 0 Å². The fourth-order valence-electron chi connectivity index (χ4n) is 9.94. The predicted octanol–water partition coefficient (Wildman–Crippen LogP) is 19.8. The molecular weight excluding hydrogens is 869 g/mol. The Morgan fingerprint density at radius 2 is 0.417 bits per heavy atom. The van der Waals surface area contributed by atoms with Gasteiger partial charge in [-0.05, 0) is 157 Å². The van der Waals surface area contributed by atoms with Crippen molar-refractivity contribution in [2.75, 3.05) is 9.80 Å². The van der Waals surface area contributed by atoms with Crippen LogP contribution in [0, 0.1) is 0 Å². The first-order chi connectivity index (χ1) is 35.7. The summed E-state index contributed by atoms with van der Waals surface area (Å²) in [6.07, 6.45) is 0. The van der Waals surface area contributed by atoms with Crippen LogP contribution in [0.4, 0.5) is 34.1 Å². The third kappa shape index (κ3) is 9.09. The van der Waals surface area contributed by atoms with Crippen LogP contribution in [0.3, 0.4) is 0 Å². The smallest absolute Gasteiger partial charge is 0.0540 e. The van der Waals surface area contributed by atoms with Crippen LogP contribution < -0.4 is 9.80 Å². The van der Waals surface area contributed by atoms with Crippen LogP contribution in [0.1, 0.15) is 0 Å². The highest BCUT2D eigenvalue weighted by molar-refractivity contribution is 5.99. The van der Waals surface area contributed by atoms with Crippen LogP contribution in [0.15, 0.2) is 303 Å². The van der Waals surface area contributed by atoms with Crippen molar-refractivity contribution in [3.05, 3.63) is 303 Å². The molecule has 2 heteroatoms. The third-order valence-electron chi connectivity index (χ3n) is 13.7. The van der Waals surface area contributed by atoms with Crippen LogP contribution >= 0.6 is 0 Å². The number of nitrogens with zero attached hydrogens (tertiary/aromatic N) is 2. The lowest BCUT2D eigenvalue weighted by molar-refractivity contribution is 1.28. The highest BCUT2D eigenvalue weighted by atomic mass is 15.1. The average Bonchev–Trinajstić information content (AvgIpc) is 3.47. The zero-order valence-corrected chi connectivity index (χ0v) is 39.8. The fraction of sp³-hybridized carbons (Fsp3) is 0. The third-order valence-corrected chi connectivity index (χ3v) is 13.7. The van der Waals surface area contributed by atoms with Gasteiger partial charge in [0.15, 0.2) is 0 Å². The van der Waals surface area contributed by atoms with E-state index in [2.05, 4.69) is 313 Å². The highest BCUT2D eigenvalue weighted by Gasteiger charge is 2.18. The number of hydrogen-bond acceptors (Lipinski definition) is 2. The lowest BCUT2D eigenvalue weighted by Crippen LogP contribution is -2.10. The van der Waals surface area contributed by atoms with Gasteiger partial charge in [-0.25, -0.2) is 0 Å². The summed E-state index contributed by atoms with van der Waals surface area (Å²) in [5.74, 6) is 0. The molecule has 0 aliphatic heterocycles. The molecule has 12 rings (SSSR count). The van der Waals surface area contributed by atoms with Crippen molar-refractivity contribution in [1.29, 1.82) is 0 Å². The second-order valence-electron chi connectivity index (χ2n) is 18.2. The Balaban J connectivity index is 0.876. The van der Waals surface area contributed by atoms with Crippen molar-refractivity contribution in [1.82, 2.24) is 0 Å². The Bertz CT molecular complexity index is 3580. The largest absolute Gasteiger partial charge is 0.311 e. The van der Waals surface area contributed by atoms with Crippen LogP contribution in [0.5, 0.6) is 0 Å². The maximum absolute atomic E-state index is 2.39. The van der Waals surface area contributed by atoms with Crippen LogP contribution in [0.2, 0.25) is 0 Å². The summed E-state index contributed by atoms with van der Waals surface area (Å²) < 4.78 is 0. The molecule has 0 amide bonds. The SMILES string of the molecule is c1ccc(-c2ccc(N(c3ccc(-c4ccccc4)cc3)c3ccc(-c4ccc(N(c5ccc(-c6cc(-c7ccccc7)cc(-c7ccccc7)c6)cc5)c5cccc6ccccc56)cc4)cc3)cc2)cc1. The van der Waals surface area contributed by atoms with E-state index < -0.39 is 0 Å². The molecule has 12 aromatic carbocycles. The van der Waals surface area contributed by atoms with Crippen molar-refractivity contribution in [3.8, 4) is 66.8 Å². The summed E-state index contributed by atoms with van der Waals surface area (Å²) in [4.78, 5) is 4.73. The van der Waals surface area contributed by atoms with E-state index >= 15 is 0 Å². The van der Waals surface area contributed by atoms with Gasteiger partial charge in [0.25, 0.3) is 0 Å². The lowest BCUT2D eigenvalue weighted by Gasteiger charge is -2.27. The van der Waals surface area contributed by atoms with E-state index in [9.17, 15) is 0 Å². The highest BCUT2D eigenvalue weighted by Crippen LogP contribution is 2.42. The molecule has 0 radical (unpaired) electrons. The molecule has 2 nitrogen and oxygen atoms in total. The molecule has 72 heavy (non-hydrogen) atoms. The Kier molecular flexibility index (Phi) is 12.1. The first-order valence-corrected chi connectivity index (χ1v) is 24.6. The van der Waals surface area contributed by atoms with Crippen molar-refractivity contribution >= 4 is 44.9 Å². The Labute approximate surface area is 422 Å². The van der Waals surface area contributed by atoms with Gasteiger partial charge in [-0.15, -0.1) is 0 Å². The molecule has 0 atom stereocenters. The number of hydrogen-bond donors (Lipinski definition) is 0. The summed E-state index contributed by atoms with van der Waals surface area (Å²) in [5, 5.41) is 2.40. The Morgan fingerprint density at radius 1 is 0.167 bits per heavy atom. The minimum atomic E-state index is 1.08.